The molecule has 1 heterocycles. The lowest BCUT2D eigenvalue weighted by Crippen LogP contribution is -2.43. The lowest BCUT2D eigenvalue weighted by Gasteiger charge is -2.33. The average molecular weight is 389 g/mol. The zero-order valence-corrected chi connectivity index (χ0v) is 18.6. The highest BCUT2D eigenvalue weighted by Gasteiger charge is 2.18. The standard InChI is InChI=1S/C23H40N4O/c1-9-20(7)27(19(5)6)22(18(3)4)11-14-24-23(10-2)25-17-26-15-12-21(28-8)13-16-26/h10-11,19,21H,2-3,7,9,12-17H2,1,4-6,8H3,(H,24,25). The van der Waals surface area contributed by atoms with Gasteiger partial charge in [0, 0.05) is 37.6 Å². The number of allylic oxidation sites excluding steroid dienone is 2. The Hall–Kier alpha value is -1.85. The largest absolute Gasteiger partial charge is 0.381 e. The van der Waals surface area contributed by atoms with E-state index in [-0.39, 0.29) is 0 Å². The predicted octanol–water partition coefficient (Wildman–Crippen LogP) is 4.32. The molecule has 0 aliphatic carbocycles. The molecule has 0 radical (unpaired) electrons. The van der Waals surface area contributed by atoms with Gasteiger partial charge in [-0.15, -0.1) is 0 Å². The van der Waals surface area contributed by atoms with Crippen molar-refractivity contribution >= 4 is 5.84 Å². The van der Waals surface area contributed by atoms with Gasteiger partial charge in [0.05, 0.1) is 19.3 Å². The highest BCUT2D eigenvalue weighted by atomic mass is 16.5. The summed E-state index contributed by atoms with van der Waals surface area (Å²) in [4.78, 5) is 9.30. The Morgan fingerprint density at radius 1 is 1.32 bits per heavy atom. The van der Waals surface area contributed by atoms with Crippen molar-refractivity contribution in [2.24, 2.45) is 4.99 Å². The van der Waals surface area contributed by atoms with Crippen LogP contribution in [0.4, 0.5) is 0 Å². The van der Waals surface area contributed by atoms with E-state index >= 15 is 0 Å². The van der Waals surface area contributed by atoms with E-state index in [1.54, 1.807) is 13.2 Å². The number of amidine groups is 1. The molecule has 5 nitrogen and oxygen atoms in total. The third kappa shape index (κ3) is 7.64. The molecular weight excluding hydrogens is 348 g/mol. The minimum Gasteiger partial charge on any atom is -0.381 e. The van der Waals surface area contributed by atoms with E-state index in [1.165, 1.54) is 0 Å². The van der Waals surface area contributed by atoms with Crippen LogP contribution in [0.15, 0.2) is 53.8 Å². The van der Waals surface area contributed by atoms with E-state index in [1.807, 2.05) is 6.92 Å². The number of methoxy groups -OCH3 is 1. The number of hydrogen-bond donors (Lipinski definition) is 1. The number of nitrogens with one attached hydrogen (secondary N) is 1. The van der Waals surface area contributed by atoms with Crippen molar-refractivity contribution in [2.45, 2.75) is 59.1 Å². The number of likely N-dealkylation sites (tertiary alicyclic amines) is 1. The third-order valence-corrected chi connectivity index (χ3v) is 5.05. The van der Waals surface area contributed by atoms with Crippen LogP contribution in [-0.2, 0) is 4.74 Å². The van der Waals surface area contributed by atoms with Crippen LogP contribution in [0.25, 0.3) is 0 Å². The van der Waals surface area contributed by atoms with Gasteiger partial charge in [0.25, 0.3) is 0 Å². The van der Waals surface area contributed by atoms with Crippen molar-refractivity contribution in [3.05, 3.63) is 48.9 Å². The van der Waals surface area contributed by atoms with Gasteiger partial charge in [-0.25, -0.2) is 0 Å². The van der Waals surface area contributed by atoms with Crippen LogP contribution in [0.2, 0.25) is 0 Å². The Morgan fingerprint density at radius 2 is 1.96 bits per heavy atom. The smallest absolute Gasteiger partial charge is 0.121 e. The van der Waals surface area contributed by atoms with Crippen LogP contribution < -0.4 is 5.32 Å². The molecule has 0 saturated carbocycles. The molecule has 1 saturated heterocycles. The summed E-state index contributed by atoms with van der Waals surface area (Å²) in [7, 11) is 1.80. The fourth-order valence-electron chi connectivity index (χ4n) is 3.38. The minimum atomic E-state index is 0.325. The van der Waals surface area contributed by atoms with Gasteiger partial charge in [0.1, 0.15) is 5.84 Å². The monoisotopic (exact) mass is 388 g/mol. The normalized spacial score (nSPS) is 16.9. The Morgan fingerprint density at radius 3 is 2.43 bits per heavy atom. The number of nitrogens with zero attached hydrogens (tertiary/aromatic N) is 3. The van der Waals surface area contributed by atoms with Gasteiger partial charge in [-0.2, -0.15) is 0 Å². The van der Waals surface area contributed by atoms with Gasteiger partial charge >= 0.3 is 0 Å². The van der Waals surface area contributed by atoms with Crippen LogP contribution in [0.5, 0.6) is 0 Å². The fourth-order valence-corrected chi connectivity index (χ4v) is 3.38. The molecule has 1 rings (SSSR count). The van der Waals surface area contributed by atoms with Crippen molar-refractivity contribution < 1.29 is 4.74 Å². The molecule has 0 atom stereocenters. The first-order chi connectivity index (χ1) is 13.3. The molecule has 0 aromatic carbocycles. The van der Waals surface area contributed by atoms with E-state index in [2.05, 4.69) is 66.7 Å². The van der Waals surface area contributed by atoms with Crippen LogP contribution in [0, 0.1) is 0 Å². The molecule has 1 N–H and O–H groups in total. The first-order valence-corrected chi connectivity index (χ1v) is 10.3. The number of ether oxygens (including phenoxy) is 1. The minimum absolute atomic E-state index is 0.325. The first kappa shape index (κ1) is 24.2. The molecule has 0 bridgehead atoms. The molecular formula is C23H40N4O. The van der Waals surface area contributed by atoms with E-state index in [0.717, 1.165) is 61.8 Å². The maximum atomic E-state index is 5.43. The van der Waals surface area contributed by atoms with Crippen molar-refractivity contribution in [1.29, 1.82) is 0 Å². The molecule has 0 aromatic heterocycles. The van der Waals surface area contributed by atoms with E-state index in [0.29, 0.717) is 18.7 Å². The molecule has 1 aliphatic rings. The summed E-state index contributed by atoms with van der Waals surface area (Å²) in [5.74, 6) is 0.816. The summed E-state index contributed by atoms with van der Waals surface area (Å²) < 4.78 is 5.43. The van der Waals surface area contributed by atoms with Gasteiger partial charge in [-0.05, 0) is 57.8 Å². The molecule has 28 heavy (non-hydrogen) atoms. The summed E-state index contributed by atoms with van der Waals surface area (Å²) in [5, 5.41) is 3.40. The van der Waals surface area contributed by atoms with Gasteiger partial charge in [0.2, 0.25) is 0 Å². The zero-order chi connectivity index (χ0) is 21.1. The second-order valence-corrected chi connectivity index (χ2v) is 7.57. The topological polar surface area (TPSA) is 40.1 Å². The maximum Gasteiger partial charge on any atom is 0.121 e. The molecule has 0 amide bonds. The summed E-state index contributed by atoms with van der Waals surface area (Å²) in [6, 6.07) is 0.325. The summed E-state index contributed by atoms with van der Waals surface area (Å²) in [6.07, 6.45) is 7.37. The molecule has 5 heteroatoms. The molecule has 0 unspecified atom stereocenters. The Labute approximate surface area is 172 Å². The Balaban J connectivity index is 2.71. The number of piperidine rings is 1. The highest BCUT2D eigenvalue weighted by Crippen LogP contribution is 2.23. The molecule has 0 aromatic rings. The second-order valence-electron chi connectivity index (χ2n) is 7.57. The van der Waals surface area contributed by atoms with Crippen LogP contribution in [0.1, 0.15) is 47.0 Å². The van der Waals surface area contributed by atoms with Gasteiger partial charge < -0.3 is 15.0 Å². The third-order valence-electron chi connectivity index (χ3n) is 5.05. The number of rotatable bonds is 11. The van der Waals surface area contributed by atoms with Crippen LogP contribution >= 0.6 is 0 Å². The molecule has 1 fully saturated rings. The lowest BCUT2D eigenvalue weighted by molar-refractivity contribution is 0.0404. The molecule has 1 aliphatic heterocycles. The highest BCUT2D eigenvalue weighted by molar-refractivity contribution is 5.92. The van der Waals surface area contributed by atoms with E-state index in [9.17, 15) is 0 Å². The van der Waals surface area contributed by atoms with Crippen molar-refractivity contribution in [2.75, 3.05) is 33.4 Å². The van der Waals surface area contributed by atoms with Gasteiger partial charge in [-0.1, -0.05) is 26.7 Å². The Kier molecular flexibility index (Phi) is 10.9. The van der Waals surface area contributed by atoms with Gasteiger partial charge in [-0.3, -0.25) is 9.89 Å². The molecule has 158 valence electrons. The molecule has 0 spiro atoms. The average Bonchev–Trinajstić information content (AvgIpc) is 2.69. The van der Waals surface area contributed by atoms with Gasteiger partial charge in [0.15, 0.2) is 0 Å². The van der Waals surface area contributed by atoms with Crippen LogP contribution in [0.3, 0.4) is 0 Å². The predicted molar refractivity (Wildman–Crippen MR) is 121 cm³/mol. The quantitative estimate of drug-likeness (QED) is 0.325. The number of aliphatic imine (C=N–C) groups is 1. The van der Waals surface area contributed by atoms with E-state index in [4.69, 9.17) is 4.74 Å². The van der Waals surface area contributed by atoms with Crippen molar-refractivity contribution in [1.82, 2.24) is 15.1 Å². The summed E-state index contributed by atoms with van der Waals surface area (Å²) >= 11 is 0. The summed E-state index contributed by atoms with van der Waals surface area (Å²) in [5.41, 5.74) is 3.21. The van der Waals surface area contributed by atoms with E-state index < -0.39 is 0 Å². The van der Waals surface area contributed by atoms with Crippen molar-refractivity contribution in [3.63, 3.8) is 0 Å². The zero-order valence-electron chi connectivity index (χ0n) is 18.6. The lowest BCUT2D eigenvalue weighted by atomic mass is 10.1. The SMILES string of the molecule is C=CC(=NCC=C(C(=C)C)N(C(=C)CC)C(C)C)NCN1CCC(OC)CC1. The van der Waals surface area contributed by atoms with Crippen LogP contribution in [-0.4, -0.2) is 61.2 Å². The fraction of sp³-hybridized carbons (Fsp3) is 0.609. The first-order valence-electron chi connectivity index (χ1n) is 10.3. The number of hydrogen-bond acceptors (Lipinski definition) is 4. The maximum absolute atomic E-state index is 5.43. The summed E-state index contributed by atoms with van der Waals surface area (Å²) in [6.45, 7) is 24.2. The second kappa shape index (κ2) is 12.6. The van der Waals surface area contributed by atoms with Crippen molar-refractivity contribution in [3.8, 4) is 0 Å². The Bertz CT molecular complexity index is 583.